The van der Waals surface area contributed by atoms with Crippen molar-refractivity contribution in [2.75, 3.05) is 0 Å². The molecule has 0 bridgehead atoms. The van der Waals surface area contributed by atoms with Crippen molar-refractivity contribution in [2.45, 2.75) is 20.5 Å². The number of esters is 1. The minimum Gasteiger partial charge on any atom is -0.457 e. The van der Waals surface area contributed by atoms with E-state index in [2.05, 4.69) is 4.98 Å². The second-order valence-corrected chi connectivity index (χ2v) is 2.95. The molecule has 1 aliphatic rings. The van der Waals surface area contributed by atoms with Crippen LogP contribution in [0.1, 0.15) is 27.3 Å². The summed E-state index contributed by atoms with van der Waals surface area (Å²) in [6.45, 7) is 4.15. The number of aryl methyl sites for hydroxylation is 2. The van der Waals surface area contributed by atoms with Crippen molar-refractivity contribution in [3.63, 3.8) is 0 Å². The number of hydrogen-bond acceptors (Lipinski definition) is 3. The Kier molecular flexibility index (Phi) is 1.40. The summed E-state index contributed by atoms with van der Waals surface area (Å²) in [7, 11) is 0. The van der Waals surface area contributed by atoms with Gasteiger partial charge in [-0.1, -0.05) is 0 Å². The van der Waals surface area contributed by atoms with Crippen LogP contribution in [0.2, 0.25) is 0 Å². The van der Waals surface area contributed by atoms with E-state index in [1.807, 2.05) is 13.8 Å². The molecule has 0 aromatic carbocycles. The highest BCUT2D eigenvalue weighted by molar-refractivity contribution is 5.93. The smallest absolute Gasteiger partial charge is 0.339 e. The second-order valence-electron chi connectivity index (χ2n) is 2.95. The molecule has 0 fully saturated rings. The lowest BCUT2D eigenvalue weighted by atomic mass is 10.1. The van der Waals surface area contributed by atoms with Crippen molar-refractivity contribution in [1.82, 2.24) is 4.98 Å². The van der Waals surface area contributed by atoms with Crippen LogP contribution in [0.15, 0.2) is 6.07 Å². The number of cyclic esters (lactones) is 1. The quantitative estimate of drug-likeness (QED) is 0.542. The number of fused-ring (bicyclic) bond motifs is 1. The summed E-state index contributed by atoms with van der Waals surface area (Å²) < 4.78 is 4.88. The third-order valence-corrected chi connectivity index (χ3v) is 2.03. The molecule has 3 heteroatoms. The fourth-order valence-electron chi connectivity index (χ4n) is 1.43. The zero-order valence-corrected chi connectivity index (χ0v) is 7.05. The largest absolute Gasteiger partial charge is 0.457 e. The Bertz CT molecular complexity index is 358. The molecule has 0 aliphatic carbocycles. The number of nitrogens with zero attached hydrogens (tertiary/aromatic N) is 1. The molecule has 0 radical (unpaired) electrons. The number of carbonyl (C=O) groups excluding carboxylic acids is 1. The number of aromatic nitrogens is 1. The Morgan fingerprint density at radius 3 is 3.00 bits per heavy atom. The SMILES string of the molecule is Cc1cc2c(c(C)n1)COC2=O. The van der Waals surface area contributed by atoms with Gasteiger partial charge in [0.25, 0.3) is 0 Å². The van der Waals surface area contributed by atoms with Crippen LogP contribution in [0, 0.1) is 13.8 Å². The van der Waals surface area contributed by atoms with Crippen LogP contribution in [0.25, 0.3) is 0 Å². The van der Waals surface area contributed by atoms with E-state index < -0.39 is 0 Å². The molecule has 3 nitrogen and oxygen atoms in total. The Labute approximate surface area is 70.4 Å². The third kappa shape index (κ3) is 0.897. The molecule has 1 aromatic rings. The average Bonchev–Trinajstić information content (AvgIpc) is 2.33. The van der Waals surface area contributed by atoms with E-state index in [0.717, 1.165) is 17.0 Å². The van der Waals surface area contributed by atoms with Gasteiger partial charge in [-0.3, -0.25) is 4.98 Å². The molecule has 0 atom stereocenters. The van der Waals surface area contributed by atoms with Gasteiger partial charge in [0.15, 0.2) is 0 Å². The van der Waals surface area contributed by atoms with E-state index >= 15 is 0 Å². The monoisotopic (exact) mass is 163 g/mol. The van der Waals surface area contributed by atoms with E-state index in [0.29, 0.717) is 12.2 Å². The van der Waals surface area contributed by atoms with Crippen molar-refractivity contribution >= 4 is 5.97 Å². The van der Waals surface area contributed by atoms with Crippen LogP contribution >= 0.6 is 0 Å². The van der Waals surface area contributed by atoms with Gasteiger partial charge in [0, 0.05) is 17.0 Å². The highest BCUT2D eigenvalue weighted by Crippen LogP contribution is 2.22. The van der Waals surface area contributed by atoms with Crippen molar-refractivity contribution in [1.29, 1.82) is 0 Å². The highest BCUT2D eigenvalue weighted by Gasteiger charge is 2.23. The minimum absolute atomic E-state index is 0.224. The Morgan fingerprint density at radius 2 is 2.25 bits per heavy atom. The molecule has 62 valence electrons. The van der Waals surface area contributed by atoms with Crippen LogP contribution in [-0.2, 0) is 11.3 Å². The third-order valence-electron chi connectivity index (χ3n) is 2.03. The van der Waals surface area contributed by atoms with Gasteiger partial charge in [0.2, 0.25) is 0 Å². The van der Waals surface area contributed by atoms with Crippen molar-refractivity contribution in [2.24, 2.45) is 0 Å². The lowest BCUT2D eigenvalue weighted by molar-refractivity contribution is 0.0535. The number of rotatable bonds is 0. The average molecular weight is 163 g/mol. The van der Waals surface area contributed by atoms with Gasteiger partial charge >= 0.3 is 5.97 Å². The Morgan fingerprint density at radius 1 is 1.50 bits per heavy atom. The Balaban J connectivity index is 2.68. The summed E-state index contributed by atoms with van der Waals surface area (Å²) in [4.78, 5) is 15.4. The first-order chi connectivity index (χ1) is 5.68. The number of ether oxygens (including phenoxy) is 1. The maximum absolute atomic E-state index is 11.1. The maximum Gasteiger partial charge on any atom is 0.339 e. The first kappa shape index (κ1) is 7.28. The molecule has 1 aromatic heterocycles. The van der Waals surface area contributed by atoms with E-state index in [9.17, 15) is 4.79 Å². The van der Waals surface area contributed by atoms with Crippen molar-refractivity contribution in [3.8, 4) is 0 Å². The molecule has 0 N–H and O–H groups in total. The van der Waals surface area contributed by atoms with E-state index in [-0.39, 0.29) is 5.97 Å². The van der Waals surface area contributed by atoms with E-state index in [1.165, 1.54) is 0 Å². The van der Waals surface area contributed by atoms with E-state index in [4.69, 9.17) is 4.74 Å². The van der Waals surface area contributed by atoms with Crippen LogP contribution in [0.4, 0.5) is 0 Å². The predicted molar refractivity (Wildman–Crippen MR) is 42.8 cm³/mol. The summed E-state index contributed by atoms with van der Waals surface area (Å²) in [5.41, 5.74) is 3.38. The van der Waals surface area contributed by atoms with Gasteiger partial charge in [-0.05, 0) is 19.9 Å². The minimum atomic E-state index is -0.224. The second kappa shape index (κ2) is 2.30. The first-order valence-electron chi connectivity index (χ1n) is 3.83. The van der Waals surface area contributed by atoms with Crippen LogP contribution in [0.3, 0.4) is 0 Å². The molecule has 0 amide bonds. The maximum atomic E-state index is 11.1. The summed E-state index contributed by atoms with van der Waals surface area (Å²) in [5, 5.41) is 0. The lowest BCUT2D eigenvalue weighted by Crippen LogP contribution is -1.97. The van der Waals surface area contributed by atoms with Gasteiger partial charge in [-0.2, -0.15) is 0 Å². The number of carbonyl (C=O) groups is 1. The molecule has 0 unspecified atom stereocenters. The summed E-state index contributed by atoms with van der Waals surface area (Å²) in [5.74, 6) is -0.224. The van der Waals surface area contributed by atoms with Crippen LogP contribution in [-0.4, -0.2) is 11.0 Å². The molecular formula is C9H9NO2. The van der Waals surface area contributed by atoms with Gasteiger partial charge in [-0.25, -0.2) is 4.79 Å². The fraction of sp³-hybridized carbons (Fsp3) is 0.333. The van der Waals surface area contributed by atoms with E-state index in [1.54, 1.807) is 6.07 Å². The van der Waals surface area contributed by atoms with Gasteiger partial charge in [0.05, 0.1) is 5.56 Å². The first-order valence-corrected chi connectivity index (χ1v) is 3.83. The molecule has 2 rings (SSSR count). The molecule has 12 heavy (non-hydrogen) atoms. The van der Waals surface area contributed by atoms with Crippen molar-refractivity contribution in [3.05, 3.63) is 28.6 Å². The summed E-state index contributed by atoms with van der Waals surface area (Å²) >= 11 is 0. The normalized spacial score (nSPS) is 14.3. The number of pyridine rings is 1. The van der Waals surface area contributed by atoms with Gasteiger partial charge in [-0.15, -0.1) is 0 Å². The van der Waals surface area contributed by atoms with Gasteiger partial charge in [0.1, 0.15) is 6.61 Å². The zero-order valence-electron chi connectivity index (χ0n) is 7.05. The fourth-order valence-corrected chi connectivity index (χ4v) is 1.43. The van der Waals surface area contributed by atoms with Gasteiger partial charge < -0.3 is 4.74 Å². The standard InChI is InChI=1S/C9H9NO2/c1-5-3-7-8(6(2)10-5)4-12-9(7)11/h3H,4H2,1-2H3. The van der Waals surface area contributed by atoms with Crippen LogP contribution < -0.4 is 0 Å². The summed E-state index contributed by atoms with van der Waals surface area (Å²) in [6.07, 6.45) is 0. The van der Waals surface area contributed by atoms with Crippen LogP contribution in [0.5, 0.6) is 0 Å². The van der Waals surface area contributed by atoms with Crippen molar-refractivity contribution < 1.29 is 9.53 Å². The zero-order chi connectivity index (χ0) is 8.72. The highest BCUT2D eigenvalue weighted by atomic mass is 16.5. The molecule has 2 heterocycles. The topological polar surface area (TPSA) is 39.2 Å². The molecule has 0 saturated carbocycles. The number of hydrogen-bond donors (Lipinski definition) is 0. The molecular weight excluding hydrogens is 154 g/mol. The molecule has 0 saturated heterocycles. The predicted octanol–water partition coefficient (Wildman–Crippen LogP) is 1.37. The molecule has 1 aliphatic heterocycles. The lowest BCUT2D eigenvalue weighted by Gasteiger charge is -1.99. The molecule has 0 spiro atoms. The summed E-state index contributed by atoms with van der Waals surface area (Å²) in [6, 6.07) is 1.78. The Hall–Kier alpha value is -1.38.